The largest absolute Gasteiger partial charge is 0.508 e. The van der Waals surface area contributed by atoms with E-state index in [2.05, 4.69) is 0 Å². The number of likely N-dealkylation sites (N-methyl/N-ethyl adjacent to an activating group) is 1. The topological polar surface area (TPSA) is 49.8 Å². The predicted octanol–water partition coefficient (Wildman–Crippen LogP) is 2.23. The Balaban J connectivity index is 2.40. The van der Waals surface area contributed by atoms with Gasteiger partial charge in [-0.3, -0.25) is 9.69 Å². The quantitative estimate of drug-likeness (QED) is 0.665. The van der Waals surface area contributed by atoms with Crippen LogP contribution in [0.25, 0.3) is 6.08 Å². The molecule has 0 atom stereocenters. The van der Waals surface area contributed by atoms with Gasteiger partial charge in [-0.25, -0.2) is 0 Å². The summed E-state index contributed by atoms with van der Waals surface area (Å²) in [6, 6.07) is 4.73. The Labute approximate surface area is 114 Å². The summed E-state index contributed by atoms with van der Waals surface area (Å²) in [6.07, 6.45) is 1.71. The second-order valence-electron chi connectivity index (χ2n) is 3.67. The van der Waals surface area contributed by atoms with E-state index in [1.807, 2.05) is 0 Å². The Hall–Kier alpha value is -1.53. The fraction of sp³-hybridized carbons (Fsp3) is 0.167. The number of methoxy groups -OCH3 is 1. The number of nitrogens with zero attached hydrogens (tertiary/aromatic N) is 1. The molecule has 0 saturated carbocycles. The molecule has 1 aliphatic rings. The molecule has 1 aromatic carbocycles. The maximum atomic E-state index is 11.8. The first-order chi connectivity index (χ1) is 8.52. The van der Waals surface area contributed by atoms with Crippen molar-refractivity contribution in [2.75, 3.05) is 14.2 Å². The molecule has 1 heterocycles. The van der Waals surface area contributed by atoms with Gasteiger partial charge in [0, 0.05) is 18.7 Å². The number of thioether (sulfide) groups is 1. The van der Waals surface area contributed by atoms with E-state index in [1.54, 1.807) is 25.3 Å². The van der Waals surface area contributed by atoms with Gasteiger partial charge in [0.25, 0.3) is 5.91 Å². The van der Waals surface area contributed by atoms with Crippen LogP contribution in [0, 0.1) is 0 Å². The smallest absolute Gasteiger partial charge is 0.265 e. The van der Waals surface area contributed by atoms with Crippen molar-refractivity contribution in [1.29, 1.82) is 0 Å². The number of thiocarbonyl (C=S) groups is 1. The first kappa shape index (κ1) is 12.9. The lowest BCUT2D eigenvalue weighted by Gasteiger charge is -2.06. The Bertz CT molecular complexity index is 554. The Morgan fingerprint density at radius 2 is 2.22 bits per heavy atom. The van der Waals surface area contributed by atoms with E-state index in [0.29, 0.717) is 15.0 Å². The lowest BCUT2D eigenvalue weighted by molar-refractivity contribution is -0.121. The molecule has 0 radical (unpaired) electrons. The number of carbonyl (C=O) groups is 1. The predicted molar refractivity (Wildman–Crippen MR) is 75.6 cm³/mol. The van der Waals surface area contributed by atoms with Crippen LogP contribution in [-0.2, 0) is 4.79 Å². The molecule has 1 saturated heterocycles. The lowest BCUT2D eigenvalue weighted by atomic mass is 10.1. The fourth-order valence-corrected chi connectivity index (χ4v) is 2.68. The summed E-state index contributed by atoms with van der Waals surface area (Å²) < 4.78 is 5.69. The average Bonchev–Trinajstić information content (AvgIpc) is 2.59. The molecule has 1 aromatic rings. The fourth-order valence-electron chi connectivity index (χ4n) is 1.51. The Morgan fingerprint density at radius 1 is 1.50 bits per heavy atom. The summed E-state index contributed by atoms with van der Waals surface area (Å²) in [5.74, 6) is 0.503. The Morgan fingerprint density at radius 3 is 2.78 bits per heavy atom. The van der Waals surface area contributed by atoms with Crippen LogP contribution in [-0.4, -0.2) is 34.4 Å². The number of benzene rings is 1. The number of rotatable bonds is 2. The highest BCUT2D eigenvalue weighted by atomic mass is 32.2. The van der Waals surface area contributed by atoms with Gasteiger partial charge in [-0.1, -0.05) is 24.0 Å². The van der Waals surface area contributed by atoms with Crippen molar-refractivity contribution in [3.05, 3.63) is 28.7 Å². The van der Waals surface area contributed by atoms with Crippen LogP contribution in [0.4, 0.5) is 0 Å². The maximum absolute atomic E-state index is 11.8. The van der Waals surface area contributed by atoms with Gasteiger partial charge in [0.1, 0.15) is 15.8 Å². The summed E-state index contributed by atoms with van der Waals surface area (Å²) in [4.78, 5) is 13.8. The summed E-state index contributed by atoms with van der Waals surface area (Å²) in [7, 11) is 3.16. The zero-order valence-electron chi connectivity index (χ0n) is 9.84. The molecular formula is C12H11NO3S2. The van der Waals surface area contributed by atoms with Crippen molar-refractivity contribution in [3.63, 3.8) is 0 Å². The number of phenolic OH excluding ortho intramolecular Hbond substituents is 1. The van der Waals surface area contributed by atoms with Crippen molar-refractivity contribution < 1.29 is 14.6 Å². The zero-order valence-corrected chi connectivity index (χ0v) is 11.5. The minimum absolute atomic E-state index is 0.118. The molecule has 0 aliphatic carbocycles. The van der Waals surface area contributed by atoms with Gasteiger partial charge in [-0.15, -0.1) is 0 Å². The molecule has 1 amide bonds. The van der Waals surface area contributed by atoms with Crippen LogP contribution in [0.2, 0.25) is 0 Å². The van der Waals surface area contributed by atoms with E-state index in [9.17, 15) is 9.90 Å². The molecule has 18 heavy (non-hydrogen) atoms. The summed E-state index contributed by atoms with van der Waals surface area (Å²) in [5.41, 5.74) is 0.726. The molecule has 0 bridgehead atoms. The van der Waals surface area contributed by atoms with E-state index < -0.39 is 0 Å². The maximum Gasteiger partial charge on any atom is 0.265 e. The summed E-state index contributed by atoms with van der Waals surface area (Å²) in [5, 5.41) is 9.36. The number of aromatic hydroxyl groups is 1. The third kappa shape index (κ3) is 2.34. The van der Waals surface area contributed by atoms with E-state index >= 15 is 0 Å². The molecule has 2 rings (SSSR count). The molecule has 94 valence electrons. The van der Waals surface area contributed by atoms with Crippen LogP contribution in [0.5, 0.6) is 11.5 Å². The van der Waals surface area contributed by atoms with Crippen molar-refractivity contribution in [2.24, 2.45) is 0 Å². The van der Waals surface area contributed by atoms with Gasteiger partial charge in [0.05, 0.1) is 12.0 Å². The number of carbonyl (C=O) groups excluding carboxylic acids is 1. The standard InChI is InChI=1S/C12H11NO3S2/c1-13-11(15)10(18-12(13)17)5-7-3-4-8(14)6-9(7)16-2/h3-6,14H,1-2H3/b10-5-. The molecule has 1 N–H and O–H groups in total. The van der Waals surface area contributed by atoms with Crippen LogP contribution < -0.4 is 4.74 Å². The third-order valence-corrected chi connectivity index (χ3v) is 3.97. The van der Waals surface area contributed by atoms with E-state index in [4.69, 9.17) is 17.0 Å². The summed E-state index contributed by atoms with van der Waals surface area (Å²) in [6.45, 7) is 0. The van der Waals surface area contributed by atoms with Crippen LogP contribution >= 0.6 is 24.0 Å². The molecule has 1 aliphatic heterocycles. The van der Waals surface area contributed by atoms with Crippen LogP contribution in [0.15, 0.2) is 23.1 Å². The van der Waals surface area contributed by atoms with Crippen LogP contribution in [0.1, 0.15) is 5.56 Å². The van der Waals surface area contributed by atoms with Gasteiger partial charge in [-0.05, 0) is 18.2 Å². The number of amides is 1. The molecule has 4 nitrogen and oxygen atoms in total. The van der Waals surface area contributed by atoms with Gasteiger partial charge >= 0.3 is 0 Å². The molecule has 1 fully saturated rings. The third-order valence-electron chi connectivity index (χ3n) is 2.49. The minimum Gasteiger partial charge on any atom is -0.508 e. The summed E-state index contributed by atoms with van der Waals surface area (Å²) >= 11 is 6.30. The highest BCUT2D eigenvalue weighted by molar-refractivity contribution is 8.26. The second-order valence-corrected chi connectivity index (χ2v) is 5.34. The Kier molecular flexibility index (Phi) is 3.58. The number of hydrogen-bond acceptors (Lipinski definition) is 5. The molecule has 6 heteroatoms. The average molecular weight is 281 g/mol. The van der Waals surface area contributed by atoms with Crippen molar-refractivity contribution in [2.45, 2.75) is 0 Å². The zero-order chi connectivity index (χ0) is 13.3. The minimum atomic E-state index is -0.125. The molecule has 0 spiro atoms. The second kappa shape index (κ2) is 4.99. The van der Waals surface area contributed by atoms with Crippen LogP contribution in [0.3, 0.4) is 0 Å². The number of ether oxygens (including phenoxy) is 1. The molecule has 0 aromatic heterocycles. The first-order valence-corrected chi connectivity index (χ1v) is 6.34. The van der Waals surface area contributed by atoms with Crippen molar-refractivity contribution in [3.8, 4) is 11.5 Å². The van der Waals surface area contributed by atoms with E-state index in [-0.39, 0.29) is 11.7 Å². The van der Waals surface area contributed by atoms with Gasteiger partial charge in [0.15, 0.2) is 0 Å². The monoisotopic (exact) mass is 281 g/mol. The van der Waals surface area contributed by atoms with Crippen molar-refractivity contribution >= 4 is 40.3 Å². The lowest BCUT2D eigenvalue weighted by Crippen LogP contribution is -2.22. The number of phenols is 1. The van der Waals surface area contributed by atoms with E-state index in [0.717, 1.165) is 5.56 Å². The SMILES string of the molecule is COc1cc(O)ccc1/C=C1\SC(=S)N(C)C1=O. The highest BCUT2D eigenvalue weighted by Gasteiger charge is 2.28. The van der Waals surface area contributed by atoms with Gasteiger partial charge in [-0.2, -0.15) is 0 Å². The molecule has 0 unspecified atom stereocenters. The van der Waals surface area contributed by atoms with Gasteiger partial charge < -0.3 is 9.84 Å². The highest BCUT2D eigenvalue weighted by Crippen LogP contribution is 2.34. The normalized spacial score (nSPS) is 17.7. The van der Waals surface area contributed by atoms with E-state index in [1.165, 1.54) is 29.8 Å². The van der Waals surface area contributed by atoms with Crippen molar-refractivity contribution in [1.82, 2.24) is 4.90 Å². The first-order valence-electron chi connectivity index (χ1n) is 5.11. The molecular weight excluding hydrogens is 270 g/mol. The number of hydrogen-bond donors (Lipinski definition) is 1. The van der Waals surface area contributed by atoms with Gasteiger partial charge in [0.2, 0.25) is 0 Å².